The minimum absolute atomic E-state index is 0. The van der Waals surface area contributed by atoms with Gasteiger partial charge in [-0.15, -0.1) is 12.4 Å². The molecule has 0 atom stereocenters. The molecule has 0 unspecified atom stereocenters. The van der Waals surface area contributed by atoms with E-state index in [0.717, 1.165) is 38.3 Å². The van der Waals surface area contributed by atoms with E-state index in [1.807, 2.05) is 4.90 Å². The van der Waals surface area contributed by atoms with Crippen molar-refractivity contribution < 1.29 is 18.4 Å². The van der Waals surface area contributed by atoms with Gasteiger partial charge in [-0.05, 0) is 18.2 Å². The Labute approximate surface area is 163 Å². The van der Waals surface area contributed by atoms with E-state index in [4.69, 9.17) is 0 Å². The van der Waals surface area contributed by atoms with Gasteiger partial charge in [0.2, 0.25) is 5.91 Å². The number of amides is 2. The highest BCUT2D eigenvalue weighted by Crippen LogP contribution is 2.13. The number of nitrogens with one attached hydrogen (secondary N) is 1. The van der Waals surface area contributed by atoms with Crippen LogP contribution in [0.5, 0.6) is 0 Å². The van der Waals surface area contributed by atoms with E-state index < -0.39 is 11.6 Å². The Kier molecular flexibility index (Phi) is 7.94. The molecule has 1 aromatic carbocycles. The second kappa shape index (κ2) is 9.96. The highest BCUT2D eigenvalue weighted by Gasteiger charge is 2.24. The van der Waals surface area contributed by atoms with Crippen LogP contribution in [-0.2, 0) is 4.79 Å². The Morgan fingerprint density at radius 2 is 1.59 bits per heavy atom. The lowest BCUT2D eigenvalue weighted by atomic mass is 10.1. The van der Waals surface area contributed by atoms with Gasteiger partial charge in [0, 0.05) is 70.9 Å². The molecule has 150 valence electrons. The maximum Gasteiger partial charge on any atom is 0.254 e. The minimum atomic E-state index is -1.01. The lowest BCUT2D eigenvalue weighted by Gasteiger charge is -2.35. The van der Waals surface area contributed by atoms with E-state index >= 15 is 0 Å². The number of hydrogen-bond acceptors (Lipinski definition) is 4. The zero-order chi connectivity index (χ0) is 18.5. The summed E-state index contributed by atoms with van der Waals surface area (Å²) in [6.07, 6.45) is 0.483. The van der Waals surface area contributed by atoms with Gasteiger partial charge in [0.15, 0.2) is 11.6 Å². The van der Waals surface area contributed by atoms with Crippen LogP contribution in [-0.4, -0.2) is 85.4 Å². The van der Waals surface area contributed by atoms with E-state index in [1.165, 1.54) is 6.07 Å². The standard InChI is InChI=1S/C18H24F2N4O2.ClH/c19-15-2-1-14(13-16(15)20)18(26)24-11-9-22(10-12-24)6-3-17(25)23-7-4-21-5-8-23;/h1-2,13,21H,3-12H2;1H. The highest BCUT2D eigenvalue weighted by atomic mass is 35.5. The molecule has 2 heterocycles. The summed E-state index contributed by atoms with van der Waals surface area (Å²) in [5, 5.41) is 3.22. The molecule has 9 heteroatoms. The summed E-state index contributed by atoms with van der Waals surface area (Å²) in [6, 6.07) is 3.22. The van der Waals surface area contributed by atoms with Crippen molar-refractivity contribution >= 4 is 24.2 Å². The molecule has 1 aromatic rings. The Bertz CT molecular complexity index is 663. The quantitative estimate of drug-likeness (QED) is 0.815. The molecule has 3 rings (SSSR count). The molecule has 2 amide bonds. The predicted octanol–water partition coefficient (Wildman–Crippen LogP) is 0.966. The molecule has 1 N–H and O–H groups in total. The maximum atomic E-state index is 13.3. The van der Waals surface area contributed by atoms with Crippen LogP contribution < -0.4 is 5.32 Å². The largest absolute Gasteiger partial charge is 0.340 e. The van der Waals surface area contributed by atoms with Gasteiger partial charge >= 0.3 is 0 Å². The SMILES string of the molecule is Cl.O=C(CCN1CCN(C(=O)c2ccc(F)c(F)c2)CC1)N1CCNCC1. The molecule has 2 fully saturated rings. The third-order valence-corrected chi connectivity index (χ3v) is 4.94. The summed E-state index contributed by atoms with van der Waals surface area (Å²) in [6.45, 7) is 6.25. The molecule has 2 aliphatic heterocycles. The third kappa shape index (κ3) is 5.60. The van der Waals surface area contributed by atoms with Gasteiger partial charge in [0.1, 0.15) is 0 Å². The van der Waals surface area contributed by atoms with Gasteiger partial charge in [-0.25, -0.2) is 8.78 Å². The Morgan fingerprint density at radius 1 is 0.926 bits per heavy atom. The number of piperazine rings is 2. The minimum Gasteiger partial charge on any atom is -0.340 e. The van der Waals surface area contributed by atoms with Crippen molar-refractivity contribution in [1.29, 1.82) is 0 Å². The van der Waals surface area contributed by atoms with Crippen LogP contribution in [0.15, 0.2) is 18.2 Å². The van der Waals surface area contributed by atoms with Crippen LogP contribution in [0.4, 0.5) is 8.78 Å². The number of hydrogen-bond donors (Lipinski definition) is 1. The molecule has 0 radical (unpaired) electrons. The number of benzene rings is 1. The molecular weight excluding hydrogens is 378 g/mol. The Morgan fingerprint density at radius 3 is 2.22 bits per heavy atom. The van der Waals surface area contributed by atoms with Gasteiger partial charge in [-0.3, -0.25) is 14.5 Å². The van der Waals surface area contributed by atoms with Gasteiger partial charge in [0.25, 0.3) is 5.91 Å². The number of carbonyl (C=O) groups excluding carboxylic acids is 2. The van der Waals surface area contributed by atoms with Crippen molar-refractivity contribution in [2.75, 3.05) is 58.9 Å². The fraction of sp³-hybridized carbons (Fsp3) is 0.556. The van der Waals surface area contributed by atoms with Gasteiger partial charge < -0.3 is 15.1 Å². The lowest BCUT2D eigenvalue weighted by Crippen LogP contribution is -2.50. The lowest BCUT2D eigenvalue weighted by molar-refractivity contribution is -0.132. The zero-order valence-electron chi connectivity index (χ0n) is 15.1. The normalized spacial score (nSPS) is 18.1. The predicted molar refractivity (Wildman–Crippen MR) is 100 cm³/mol. The fourth-order valence-electron chi connectivity index (χ4n) is 3.31. The maximum absolute atomic E-state index is 13.3. The molecule has 27 heavy (non-hydrogen) atoms. The van der Waals surface area contributed by atoms with E-state index in [9.17, 15) is 18.4 Å². The second-order valence-electron chi connectivity index (χ2n) is 6.64. The number of carbonyl (C=O) groups is 2. The van der Waals surface area contributed by atoms with E-state index in [2.05, 4.69) is 10.2 Å². The fourth-order valence-corrected chi connectivity index (χ4v) is 3.31. The smallest absolute Gasteiger partial charge is 0.254 e. The van der Waals surface area contributed by atoms with Crippen molar-refractivity contribution in [2.45, 2.75) is 6.42 Å². The van der Waals surface area contributed by atoms with Crippen molar-refractivity contribution in [3.63, 3.8) is 0 Å². The van der Waals surface area contributed by atoms with Crippen LogP contribution in [0.25, 0.3) is 0 Å². The molecule has 2 saturated heterocycles. The summed E-state index contributed by atoms with van der Waals surface area (Å²) in [4.78, 5) is 30.3. The first-order valence-electron chi connectivity index (χ1n) is 9.00. The van der Waals surface area contributed by atoms with Crippen LogP contribution >= 0.6 is 12.4 Å². The van der Waals surface area contributed by atoms with Gasteiger partial charge in [0.05, 0.1) is 0 Å². The van der Waals surface area contributed by atoms with Crippen molar-refractivity contribution in [3.05, 3.63) is 35.4 Å². The molecule has 0 aromatic heterocycles. The average Bonchev–Trinajstić information content (AvgIpc) is 2.69. The summed E-state index contributed by atoms with van der Waals surface area (Å²) < 4.78 is 26.3. The third-order valence-electron chi connectivity index (χ3n) is 4.94. The van der Waals surface area contributed by atoms with Gasteiger partial charge in [-0.1, -0.05) is 0 Å². The molecule has 2 aliphatic rings. The van der Waals surface area contributed by atoms with E-state index in [-0.39, 0.29) is 29.8 Å². The van der Waals surface area contributed by atoms with E-state index in [0.29, 0.717) is 39.1 Å². The monoisotopic (exact) mass is 402 g/mol. The molecule has 6 nitrogen and oxygen atoms in total. The Hall–Kier alpha value is -1.77. The molecule has 0 bridgehead atoms. The van der Waals surface area contributed by atoms with Crippen molar-refractivity contribution in [2.24, 2.45) is 0 Å². The van der Waals surface area contributed by atoms with Crippen molar-refractivity contribution in [1.82, 2.24) is 20.0 Å². The van der Waals surface area contributed by atoms with Gasteiger partial charge in [-0.2, -0.15) is 0 Å². The first kappa shape index (κ1) is 21.5. The van der Waals surface area contributed by atoms with Crippen molar-refractivity contribution in [3.8, 4) is 0 Å². The highest BCUT2D eigenvalue weighted by molar-refractivity contribution is 5.94. The number of halogens is 3. The van der Waals surface area contributed by atoms with Crippen LogP contribution in [0, 0.1) is 11.6 Å². The average molecular weight is 403 g/mol. The number of rotatable bonds is 4. The summed E-state index contributed by atoms with van der Waals surface area (Å²) >= 11 is 0. The Balaban J connectivity index is 0.00000261. The van der Waals surface area contributed by atoms with Crippen LogP contribution in [0.2, 0.25) is 0 Å². The first-order chi connectivity index (χ1) is 12.5. The topological polar surface area (TPSA) is 55.9 Å². The first-order valence-corrected chi connectivity index (χ1v) is 9.00. The summed E-state index contributed by atoms with van der Waals surface area (Å²) in [5.41, 5.74) is 0.159. The molecule has 0 aliphatic carbocycles. The number of nitrogens with zero attached hydrogens (tertiary/aromatic N) is 3. The second-order valence-corrected chi connectivity index (χ2v) is 6.64. The zero-order valence-corrected chi connectivity index (χ0v) is 15.9. The van der Waals surface area contributed by atoms with E-state index in [1.54, 1.807) is 4.90 Å². The molecule has 0 spiro atoms. The summed E-state index contributed by atoms with van der Waals surface area (Å²) in [5.74, 6) is -2.09. The molecular formula is C18H25ClF2N4O2. The summed E-state index contributed by atoms with van der Waals surface area (Å²) in [7, 11) is 0. The van der Waals surface area contributed by atoms with Crippen LogP contribution in [0.1, 0.15) is 16.8 Å². The molecule has 0 saturated carbocycles. The van der Waals surface area contributed by atoms with Crippen LogP contribution in [0.3, 0.4) is 0 Å².